The van der Waals surface area contributed by atoms with Crippen LogP contribution in [0.5, 0.6) is 5.75 Å². The SMILES string of the molecule is CC(=O)c1csc(NC(=O)C(C)Oc2ccc(Cl)cc2Cl)n1. The molecule has 0 saturated carbocycles. The van der Waals surface area contributed by atoms with Crippen LogP contribution in [0.25, 0.3) is 0 Å². The highest BCUT2D eigenvalue weighted by atomic mass is 35.5. The lowest BCUT2D eigenvalue weighted by Gasteiger charge is -2.14. The standard InChI is InChI=1S/C14H12Cl2N2O3S/c1-7(19)11-6-22-14(17-11)18-13(20)8(2)21-12-4-3-9(15)5-10(12)16/h3-6,8H,1-2H3,(H,17,18,20). The molecule has 5 nitrogen and oxygen atoms in total. The highest BCUT2D eigenvalue weighted by Gasteiger charge is 2.18. The van der Waals surface area contributed by atoms with Crippen LogP contribution in [0.15, 0.2) is 23.6 Å². The average Bonchev–Trinajstić information content (AvgIpc) is 2.90. The first-order valence-electron chi connectivity index (χ1n) is 6.26. The van der Waals surface area contributed by atoms with Crippen molar-refractivity contribution in [1.29, 1.82) is 0 Å². The second-order valence-corrected chi connectivity index (χ2v) is 6.12. The molecule has 1 N–H and O–H groups in total. The third-order valence-electron chi connectivity index (χ3n) is 2.66. The zero-order valence-electron chi connectivity index (χ0n) is 11.7. The Bertz CT molecular complexity index is 718. The van der Waals surface area contributed by atoms with Crippen LogP contribution < -0.4 is 10.1 Å². The summed E-state index contributed by atoms with van der Waals surface area (Å²) < 4.78 is 5.50. The Morgan fingerprint density at radius 3 is 2.68 bits per heavy atom. The van der Waals surface area contributed by atoms with Crippen molar-refractivity contribution < 1.29 is 14.3 Å². The quantitative estimate of drug-likeness (QED) is 0.818. The normalized spacial score (nSPS) is 11.8. The van der Waals surface area contributed by atoms with E-state index in [0.717, 1.165) is 0 Å². The lowest BCUT2D eigenvalue weighted by molar-refractivity contribution is -0.122. The van der Waals surface area contributed by atoms with Crippen molar-refractivity contribution in [1.82, 2.24) is 4.98 Å². The topological polar surface area (TPSA) is 68.3 Å². The smallest absolute Gasteiger partial charge is 0.266 e. The third-order valence-corrected chi connectivity index (χ3v) is 3.95. The number of benzene rings is 1. The monoisotopic (exact) mass is 358 g/mol. The number of ketones is 1. The number of ether oxygens (including phenoxy) is 1. The van der Waals surface area contributed by atoms with Crippen molar-refractivity contribution in [3.63, 3.8) is 0 Å². The number of thiazole rings is 1. The van der Waals surface area contributed by atoms with Gasteiger partial charge in [-0.1, -0.05) is 23.2 Å². The summed E-state index contributed by atoms with van der Waals surface area (Å²) in [4.78, 5) is 27.2. The van der Waals surface area contributed by atoms with Crippen molar-refractivity contribution in [2.45, 2.75) is 20.0 Å². The van der Waals surface area contributed by atoms with E-state index in [1.807, 2.05) is 0 Å². The number of nitrogens with one attached hydrogen (secondary N) is 1. The highest BCUT2D eigenvalue weighted by molar-refractivity contribution is 7.14. The largest absolute Gasteiger partial charge is 0.479 e. The summed E-state index contributed by atoms with van der Waals surface area (Å²) in [5.74, 6) is -0.193. The van der Waals surface area contributed by atoms with E-state index < -0.39 is 12.0 Å². The van der Waals surface area contributed by atoms with E-state index in [1.54, 1.807) is 24.4 Å². The van der Waals surface area contributed by atoms with E-state index in [9.17, 15) is 9.59 Å². The van der Waals surface area contributed by atoms with E-state index in [0.29, 0.717) is 26.6 Å². The molecule has 0 fully saturated rings. The van der Waals surface area contributed by atoms with Crippen molar-refractivity contribution in [3.8, 4) is 5.75 Å². The fourth-order valence-electron chi connectivity index (χ4n) is 1.51. The second-order valence-electron chi connectivity index (χ2n) is 4.42. The number of carbonyl (C=O) groups is 2. The van der Waals surface area contributed by atoms with E-state index in [-0.39, 0.29) is 5.78 Å². The number of nitrogens with zero attached hydrogens (tertiary/aromatic N) is 1. The summed E-state index contributed by atoms with van der Waals surface area (Å²) in [6, 6.07) is 4.74. The number of hydrogen-bond acceptors (Lipinski definition) is 5. The fraction of sp³-hybridized carbons (Fsp3) is 0.214. The molecule has 1 heterocycles. The van der Waals surface area contributed by atoms with Crippen LogP contribution in [0.1, 0.15) is 24.3 Å². The summed E-state index contributed by atoms with van der Waals surface area (Å²) in [6.45, 7) is 2.99. The van der Waals surface area contributed by atoms with Crippen LogP contribution in [0, 0.1) is 0 Å². The van der Waals surface area contributed by atoms with Gasteiger partial charge in [-0.05, 0) is 25.1 Å². The van der Waals surface area contributed by atoms with Gasteiger partial charge in [0.05, 0.1) is 5.02 Å². The van der Waals surface area contributed by atoms with Crippen molar-refractivity contribution in [2.75, 3.05) is 5.32 Å². The summed E-state index contributed by atoms with van der Waals surface area (Å²) in [6.07, 6.45) is -0.789. The first kappa shape index (κ1) is 16.7. The van der Waals surface area contributed by atoms with Gasteiger partial charge in [-0.2, -0.15) is 0 Å². The molecule has 22 heavy (non-hydrogen) atoms. The maximum absolute atomic E-state index is 12.1. The first-order valence-corrected chi connectivity index (χ1v) is 7.89. The molecular weight excluding hydrogens is 347 g/mol. The number of rotatable bonds is 5. The number of halogens is 2. The molecule has 2 aromatic rings. The van der Waals surface area contributed by atoms with Crippen molar-refractivity contribution >= 4 is 51.4 Å². The molecule has 1 amide bonds. The van der Waals surface area contributed by atoms with Gasteiger partial charge in [0.25, 0.3) is 5.91 Å². The second kappa shape index (κ2) is 7.09. The zero-order valence-corrected chi connectivity index (χ0v) is 14.1. The van der Waals surface area contributed by atoms with Crippen LogP contribution >= 0.6 is 34.5 Å². The van der Waals surface area contributed by atoms with Crippen molar-refractivity contribution in [2.24, 2.45) is 0 Å². The Hall–Kier alpha value is -1.63. The average molecular weight is 359 g/mol. The molecule has 0 bridgehead atoms. The molecule has 1 aromatic carbocycles. The maximum atomic E-state index is 12.1. The summed E-state index contributed by atoms with van der Waals surface area (Å²) >= 11 is 13.0. The fourth-order valence-corrected chi connectivity index (χ4v) is 2.72. The molecule has 1 unspecified atom stereocenters. The molecule has 0 aliphatic heterocycles. The van der Waals surface area contributed by atoms with Gasteiger partial charge >= 0.3 is 0 Å². The number of aromatic nitrogens is 1. The Morgan fingerprint density at radius 1 is 1.36 bits per heavy atom. The summed E-state index contributed by atoms with van der Waals surface area (Å²) in [5, 5.41) is 5.31. The number of hydrogen-bond donors (Lipinski definition) is 1. The molecule has 1 atom stereocenters. The predicted octanol–water partition coefficient (Wildman–Crippen LogP) is 4.06. The molecule has 0 radical (unpaired) electrons. The number of Topliss-reactive ketones (excluding diaryl/α,β-unsaturated/α-hetero) is 1. The van der Waals surface area contributed by atoms with E-state index in [1.165, 1.54) is 24.3 Å². The number of anilines is 1. The number of amides is 1. The van der Waals surface area contributed by atoms with Crippen LogP contribution in [-0.4, -0.2) is 22.8 Å². The van der Waals surface area contributed by atoms with Crippen LogP contribution in [0.3, 0.4) is 0 Å². The minimum Gasteiger partial charge on any atom is -0.479 e. The molecule has 8 heteroatoms. The van der Waals surface area contributed by atoms with Gasteiger partial charge in [-0.25, -0.2) is 4.98 Å². The molecule has 0 aliphatic rings. The van der Waals surface area contributed by atoms with Crippen LogP contribution in [0.2, 0.25) is 10.0 Å². The van der Waals surface area contributed by atoms with Gasteiger partial charge in [0.2, 0.25) is 0 Å². The lowest BCUT2D eigenvalue weighted by atomic mass is 10.3. The van der Waals surface area contributed by atoms with E-state index in [4.69, 9.17) is 27.9 Å². The molecule has 116 valence electrons. The molecule has 0 aliphatic carbocycles. The summed E-state index contributed by atoms with van der Waals surface area (Å²) in [7, 11) is 0. The summed E-state index contributed by atoms with van der Waals surface area (Å²) in [5.41, 5.74) is 0.314. The minimum absolute atomic E-state index is 0.158. The van der Waals surface area contributed by atoms with Gasteiger partial charge in [-0.15, -0.1) is 11.3 Å². The Morgan fingerprint density at radius 2 is 2.09 bits per heavy atom. The Kier molecular flexibility index (Phi) is 5.39. The minimum atomic E-state index is -0.789. The van der Waals surface area contributed by atoms with Gasteiger partial charge in [0, 0.05) is 17.3 Å². The van der Waals surface area contributed by atoms with Gasteiger partial charge in [-0.3, -0.25) is 14.9 Å². The van der Waals surface area contributed by atoms with Gasteiger partial charge in [0.1, 0.15) is 11.4 Å². The molecule has 1 aromatic heterocycles. The first-order chi connectivity index (χ1) is 10.4. The number of carbonyl (C=O) groups excluding carboxylic acids is 2. The predicted molar refractivity (Wildman–Crippen MR) is 87.3 cm³/mol. The molecule has 0 spiro atoms. The molecule has 2 rings (SSSR count). The van der Waals surface area contributed by atoms with E-state index >= 15 is 0 Å². The Labute approximate surface area is 141 Å². The highest BCUT2D eigenvalue weighted by Crippen LogP contribution is 2.28. The van der Waals surface area contributed by atoms with Crippen LogP contribution in [0.4, 0.5) is 5.13 Å². The Balaban J connectivity index is 2.00. The lowest BCUT2D eigenvalue weighted by Crippen LogP contribution is -2.30. The maximum Gasteiger partial charge on any atom is 0.266 e. The molecular formula is C14H12Cl2N2O3S. The molecule has 0 saturated heterocycles. The van der Waals surface area contributed by atoms with Gasteiger partial charge in [0.15, 0.2) is 17.0 Å². The van der Waals surface area contributed by atoms with Crippen molar-refractivity contribution in [3.05, 3.63) is 39.3 Å². The zero-order chi connectivity index (χ0) is 16.3. The van der Waals surface area contributed by atoms with Gasteiger partial charge < -0.3 is 4.74 Å². The third kappa shape index (κ3) is 4.19. The van der Waals surface area contributed by atoms with Crippen LogP contribution in [-0.2, 0) is 4.79 Å². The van der Waals surface area contributed by atoms with E-state index in [2.05, 4.69) is 10.3 Å².